The molecule has 106 valence electrons. The standard InChI is InChI=1S/C13H11F3N2OS/c1-8-11(7-19)18-12(20-8)17-6-9-2-4-10(5-3-9)13(14,15)16/h2-5,7H,6H2,1H3,(H,17,18). The van der Waals surface area contributed by atoms with Crippen LogP contribution in [0.4, 0.5) is 18.3 Å². The first-order chi connectivity index (χ1) is 9.40. The molecule has 1 N–H and O–H groups in total. The second-order valence-electron chi connectivity index (χ2n) is 4.13. The molecule has 0 fully saturated rings. The first-order valence-corrected chi connectivity index (χ1v) is 6.54. The Balaban J connectivity index is 2.02. The molecule has 0 spiro atoms. The van der Waals surface area contributed by atoms with E-state index in [1.165, 1.54) is 23.5 Å². The van der Waals surface area contributed by atoms with Crippen LogP contribution in [0.2, 0.25) is 0 Å². The highest BCUT2D eigenvalue weighted by Crippen LogP contribution is 2.29. The molecule has 0 amide bonds. The Morgan fingerprint density at radius 3 is 2.45 bits per heavy atom. The van der Waals surface area contributed by atoms with E-state index in [1.807, 2.05) is 0 Å². The molecule has 0 atom stereocenters. The van der Waals surface area contributed by atoms with Gasteiger partial charge in [0, 0.05) is 11.4 Å². The zero-order valence-electron chi connectivity index (χ0n) is 10.5. The van der Waals surface area contributed by atoms with Gasteiger partial charge in [0.2, 0.25) is 0 Å². The van der Waals surface area contributed by atoms with Crippen molar-refractivity contribution in [3.05, 3.63) is 46.0 Å². The smallest absolute Gasteiger partial charge is 0.357 e. The monoisotopic (exact) mass is 300 g/mol. The minimum absolute atomic E-state index is 0.351. The van der Waals surface area contributed by atoms with Crippen molar-refractivity contribution in [2.75, 3.05) is 5.32 Å². The molecule has 2 aromatic rings. The van der Waals surface area contributed by atoms with Crippen molar-refractivity contribution in [2.45, 2.75) is 19.6 Å². The van der Waals surface area contributed by atoms with Crippen molar-refractivity contribution >= 4 is 22.8 Å². The molecule has 0 aliphatic rings. The number of aromatic nitrogens is 1. The second-order valence-corrected chi connectivity index (χ2v) is 5.33. The average molecular weight is 300 g/mol. The molecular weight excluding hydrogens is 289 g/mol. The Kier molecular flexibility index (Phi) is 4.08. The summed E-state index contributed by atoms with van der Waals surface area (Å²) in [6, 6.07) is 4.91. The van der Waals surface area contributed by atoms with Crippen LogP contribution in [0.5, 0.6) is 0 Å². The molecule has 20 heavy (non-hydrogen) atoms. The number of hydrogen-bond acceptors (Lipinski definition) is 4. The number of thiazole rings is 1. The van der Waals surface area contributed by atoms with Crippen LogP contribution in [0.15, 0.2) is 24.3 Å². The molecule has 2 rings (SSSR count). The van der Waals surface area contributed by atoms with Gasteiger partial charge in [-0.15, -0.1) is 11.3 Å². The summed E-state index contributed by atoms with van der Waals surface area (Å²) < 4.78 is 37.2. The van der Waals surface area contributed by atoms with Crippen LogP contribution >= 0.6 is 11.3 Å². The Labute approximate surface area is 117 Å². The van der Waals surface area contributed by atoms with E-state index in [-0.39, 0.29) is 0 Å². The van der Waals surface area contributed by atoms with E-state index >= 15 is 0 Å². The third-order valence-corrected chi connectivity index (χ3v) is 3.61. The van der Waals surface area contributed by atoms with E-state index < -0.39 is 11.7 Å². The fourth-order valence-electron chi connectivity index (χ4n) is 1.58. The molecule has 0 saturated carbocycles. The van der Waals surface area contributed by atoms with Gasteiger partial charge in [0.1, 0.15) is 5.69 Å². The minimum atomic E-state index is -4.32. The maximum atomic E-state index is 12.4. The van der Waals surface area contributed by atoms with Crippen molar-refractivity contribution in [1.82, 2.24) is 4.98 Å². The number of alkyl halides is 3. The molecule has 0 aliphatic heterocycles. The number of aryl methyl sites for hydroxylation is 1. The lowest BCUT2D eigenvalue weighted by molar-refractivity contribution is -0.137. The first kappa shape index (κ1) is 14.5. The van der Waals surface area contributed by atoms with Gasteiger partial charge in [0.15, 0.2) is 11.4 Å². The molecule has 1 heterocycles. The van der Waals surface area contributed by atoms with E-state index in [0.29, 0.717) is 29.2 Å². The number of carbonyl (C=O) groups excluding carboxylic acids is 1. The van der Waals surface area contributed by atoms with E-state index in [1.54, 1.807) is 6.92 Å². The number of aldehydes is 1. The van der Waals surface area contributed by atoms with Crippen LogP contribution < -0.4 is 5.32 Å². The van der Waals surface area contributed by atoms with E-state index in [2.05, 4.69) is 10.3 Å². The maximum absolute atomic E-state index is 12.4. The zero-order chi connectivity index (χ0) is 14.8. The summed E-state index contributed by atoms with van der Waals surface area (Å²) in [5.41, 5.74) is 0.415. The molecule has 3 nitrogen and oxygen atoms in total. The van der Waals surface area contributed by atoms with Crippen LogP contribution in [0, 0.1) is 6.92 Å². The maximum Gasteiger partial charge on any atom is 0.416 e. The molecule has 0 radical (unpaired) electrons. The van der Waals surface area contributed by atoms with Gasteiger partial charge in [-0.2, -0.15) is 13.2 Å². The lowest BCUT2D eigenvalue weighted by Crippen LogP contribution is -2.05. The van der Waals surface area contributed by atoms with Gasteiger partial charge < -0.3 is 5.32 Å². The number of nitrogens with one attached hydrogen (secondary N) is 1. The van der Waals surface area contributed by atoms with E-state index in [9.17, 15) is 18.0 Å². The Morgan fingerprint density at radius 2 is 1.95 bits per heavy atom. The molecular formula is C13H11F3N2OS. The number of anilines is 1. The van der Waals surface area contributed by atoms with Crippen LogP contribution in [0.3, 0.4) is 0 Å². The van der Waals surface area contributed by atoms with Gasteiger partial charge in [-0.25, -0.2) is 4.98 Å². The summed E-state index contributed by atoms with van der Waals surface area (Å²) in [6.07, 6.45) is -3.65. The highest BCUT2D eigenvalue weighted by molar-refractivity contribution is 7.15. The topological polar surface area (TPSA) is 42.0 Å². The number of nitrogens with zero attached hydrogens (tertiary/aromatic N) is 1. The zero-order valence-corrected chi connectivity index (χ0v) is 11.3. The molecule has 1 aromatic carbocycles. The summed E-state index contributed by atoms with van der Waals surface area (Å²) in [5.74, 6) is 0. The van der Waals surface area contributed by atoms with Crippen molar-refractivity contribution in [2.24, 2.45) is 0 Å². The predicted octanol–water partition coefficient (Wildman–Crippen LogP) is 3.89. The van der Waals surface area contributed by atoms with Crippen LogP contribution in [0.1, 0.15) is 26.5 Å². The molecule has 7 heteroatoms. The molecule has 0 aliphatic carbocycles. The largest absolute Gasteiger partial charge is 0.416 e. The lowest BCUT2D eigenvalue weighted by atomic mass is 10.1. The van der Waals surface area contributed by atoms with Gasteiger partial charge in [0.25, 0.3) is 0 Å². The van der Waals surface area contributed by atoms with Crippen LogP contribution in [-0.2, 0) is 12.7 Å². The van der Waals surface area contributed by atoms with E-state index in [0.717, 1.165) is 17.0 Å². The summed E-state index contributed by atoms with van der Waals surface area (Å²) >= 11 is 1.33. The number of rotatable bonds is 4. The fourth-order valence-corrected chi connectivity index (χ4v) is 2.36. The Hall–Kier alpha value is -1.89. The Morgan fingerprint density at radius 1 is 1.30 bits per heavy atom. The van der Waals surface area contributed by atoms with Gasteiger partial charge >= 0.3 is 6.18 Å². The third-order valence-electron chi connectivity index (χ3n) is 2.67. The quantitative estimate of drug-likeness (QED) is 0.871. The number of benzene rings is 1. The second kappa shape index (κ2) is 5.62. The summed E-state index contributed by atoms with van der Waals surface area (Å²) in [6.45, 7) is 2.13. The van der Waals surface area contributed by atoms with Crippen molar-refractivity contribution in [3.63, 3.8) is 0 Å². The number of carbonyl (C=O) groups is 1. The predicted molar refractivity (Wildman–Crippen MR) is 71.0 cm³/mol. The number of halogens is 3. The fraction of sp³-hybridized carbons (Fsp3) is 0.231. The van der Waals surface area contributed by atoms with Crippen LogP contribution in [-0.4, -0.2) is 11.3 Å². The Bertz CT molecular complexity index is 605. The highest BCUT2D eigenvalue weighted by atomic mass is 32.1. The average Bonchev–Trinajstić information content (AvgIpc) is 2.76. The molecule has 0 saturated heterocycles. The first-order valence-electron chi connectivity index (χ1n) is 5.73. The number of hydrogen-bond donors (Lipinski definition) is 1. The van der Waals surface area contributed by atoms with Gasteiger partial charge in [0.05, 0.1) is 5.56 Å². The van der Waals surface area contributed by atoms with Crippen molar-refractivity contribution < 1.29 is 18.0 Å². The van der Waals surface area contributed by atoms with Gasteiger partial charge in [-0.1, -0.05) is 12.1 Å². The summed E-state index contributed by atoms with van der Waals surface area (Å²) in [5, 5.41) is 3.56. The van der Waals surface area contributed by atoms with Crippen molar-refractivity contribution in [1.29, 1.82) is 0 Å². The highest BCUT2D eigenvalue weighted by Gasteiger charge is 2.29. The normalized spacial score (nSPS) is 11.4. The minimum Gasteiger partial charge on any atom is -0.357 e. The third kappa shape index (κ3) is 3.36. The van der Waals surface area contributed by atoms with Crippen LogP contribution in [0.25, 0.3) is 0 Å². The molecule has 1 aromatic heterocycles. The van der Waals surface area contributed by atoms with E-state index in [4.69, 9.17) is 0 Å². The van der Waals surface area contributed by atoms with Crippen molar-refractivity contribution in [3.8, 4) is 0 Å². The molecule has 0 bridgehead atoms. The summed E-state index contributed by atoms with van der Waals surface area (Å²) in [4.78, 5) is 15.5. The summed E-state index contributed by atoms with van der Waals surface area (Å²) in [7, 11) is 0. The van der Waals surface area contributed by atoms with Gasteiger partial charge in [-0.3, -0.25) is 4.79 Å². The molecule has 0 unspecified atom stereocenters. The SMILES string of the molecule is Cc1sc(NCc2ccc(C(F)(F)F)cc2)nc1C=O. The van der Waals surface area contributed by atoms with Gasteiger partial charge in [-0.05, 0) is 24.6 Å². The lowest BCUT2D eigenvalue weighted by Gasteiger charge is -2.07.